The van der Waals surface area contributed by atoms with E-state index in [9.17, 15) is 14.0 Å². The highest BCUT2D eigenvalue weighted by molar-refractivity contribution is 5.92. The van der Waals surface area contributed by atoms with Crippen molar-refractivity contribution in [3.05, 3.63) is 66.0 Å². The first-order chi connectivity index (χ1) is 14.9. The van der Waals surface area contributed by atoms with Gasteiger partial charge in [0.15, 0.2) is 0 Å². The summed E-state index contributed by atoms with van der Waals surface area (Å²) in [6.07, 6.45) is 0.872. The first kappa shape index (κ1) is 21.5. The van der Waals surface area contributed by atoms with Crippen LogP contribution in [0.5, 0.6) is 0 Å². The Morgan fingerprint density at radius 1 is 1.13 bits per heavy atom. The van der Waals surface area contributed by atoms with Gasteiger partial charge in [-0.15, -0.1) is 0 Å². The fraction of sp³-hybridized carbons (Fsp3) is 0.417. The summed E-state index contributed by atoms with van der Waals surface area (Å²) >= 11 is 0. The predicted octanol–water partition coefficient (Wildman–Crippen LogP) is 2.65. The molecule has 4 rings (SSSR count). The zero-order valence-corrected chi connectivity index (χ0v) is 18.0. The summed E-state index contributed by atoms with van der Waals surface area (Å²) in [6.45, 7) is 3.83. The standard InChI is InChI=1S/C24H29FN4O2/c1-17(30)27-24-15-28(2)23(18-7-4-3-5-8-18)21(24)11-12-29(16-24)14-22(31)26-20-10-6-9-19(25)13-20/h3-10,13,21,23H,11-12,14-16H2,1-2H3,(H,26,31)(H,27,30)/t21-,23-,24+/m1/s1. The molecule has 2 aliphatic heterocycles. The molecule has 2 heterocycles. The van der Waals surface area contributed by atoms with E-state index in [2.05, 4.69) is 39.6 Å². The topological polar surface area (TPSA) is 64.7 Å². The molecular formula is C24H29FN4O2. The highest BCUT2D eigenvalue weighted by Crippen LogP contribution is 2.46. The van der Waals surface area contributed by atoms with Crippen LogP contribution < -0.4 is 10.6 Å². The van der Waals surface area contributed by atoms with Crippen LogP contribution in [0.15, 0.2) is 54.6 Å². The van der Waals surface area contributed by atoms with Crippen molar-refractivity contribution in [1.82, 2.24) is 15.1 Å². The molecule has 2 aromatic rings. The molecule has 0 spiro atoms. The summed E-state index contributed by atoms with van der Waals surface area (Å²) in [5.41, 5.74) is 1.28. The SMILES string of the molecule is CC(=O)N[C@@]12CN(CC(=O)Nc3cccc(F)c3)CC[C@@H]1[C@@H](c1ccccc1)N(C)C2. The molecule has 164 valence electrons. The van der Waals surface area contributed by atoms with Crippen LogP contribution in [-0.2, 0) is 9.59 Å². The number of halogens is 1. The molecule has 2 amide bonds. The van der Waals surface area contributed by atoms with Crippen LogP contribution in [-0.4, -0.2) is 60.4 Å². The van der Waals surface area contributed by atoms with Crippen molar-refractivity contribution in [2.24, 2.45) is 5.92 Å². The van der Waals surface area contributed by atoms with E-state index in [1.807, 2.05) is 18.2 Å². The molecule has 7 heteroatoms. The van der Waals surface area contributed by atoms with E-state index in [4.69, 9.17) is 0 Å². The third kappa shape index (κ3) is 4.62. The van der Waals surface area contributed by atoms with Gasteiger partial charge in [-0.25, -0.2) is 4.39 Å². The number of anilines is 1. The minimum atomic E-state index is -0.418. The molecule has 0 aromatic heterocycles. The lowest BCUT2D eigenvalue weighted by atomic mass is 9.75. The maximum absolute atomic E-state index is 13.4. The third-order valence-corrected chi connectivity index (χ3v) is 6.40. The average molecular weight is 425 g/mol. The minimum absolute atomic E-state index is 0.0572. The van der Waals surface area contributed by atoms with Crippen molar-refractivity contribution in [3.8, 4) is 0 Å². The number of carbonyl (C=O) groups is 2. The van der Waals surface area contributed by atoms with Gasteiger partial charge in [-0.2, -0.15) is 0 Å². The van der Waals surface area contributed by atoms with E-state index >= 15 is 0 Å². The number of benzene rings is 2. The van der Waals surface area contributed by atoms with Crippen LogP contribution in [0, 0.1) is 11.7 Å². The number of hydrogen-bond donors (Lipinski definition) is 2. The predicted molar refractivity (Wildman–Crippen MR) is 118 cm³/mol. The highest BCUT2D eigenvalue weighted by atomic mass is 19.1. The number of likely N-dealkylation sites (N-methyl/N-ethyl adjacent to an activating group) is 1. The maximum Gasteiger partial charge on any atom is 0.238 e. The van der Waals surface area contributed by atoms with Crippen LogP contribution >= 0.6 is 0 Å². The second-order valence-electron chi connectivity index (χ2n) is 8.77. The second-order valence-corrected chi connectivity index (χ2v) is 8.77. The first-order valence-electron chi connectivity index (χ1n) is 10.7. The fourth-order valence-corrected chi connectivity index (χ4v) is 5.44. The smallest absolute Gasteiger partial charge is 0.238 e. The number of piperidine rings is 1. The molecule has 0 unspecified atom stereocenters. The van der Waals surface area contributed by atoms with E-state index in [0.717, 1.165) is 19.5 Å². The third-order valence-electron chi connectivity index (χ3n) is 6.40. The number of carbonyl (C=O) groups excluding carboxylic acids is 2. The molecule has 2 aliphatic rings. The molecule has 3 atom stereocenters. The first-order valence-corrected chi connectivity index (χ1v) is 10.7. The Morgan fingerprint density at radius 2 is 1.90 bits per heavy atom. The summed E-state index contributed by atoms with van der Waals surface area (Å²) in [4.78, 5) is 29.1. The highest BCUT2D eigenvalue weighted by Gasteiger charge is 2.54. The summed E-state index contributed by atoms with van der Waals surface area (Å²) in [6, 6.07) is 16.5. The molecule has 31 heavy (non-hydrogen) atoms. The van der Waals surface area contributed by atoms with Gasteiger partial charge in [-0.05, 0) is 43.8 Å². The van der Waals surface area contributed by atoms with Gasteiger partial charge in [0.25, 0.3) is 0 Å². The lowest BCUT2D eigenvalue weighted by Crippen LogP contribution is -2.64. The van der Waals surface area contributed by atoms with E-state index in [1.165, 1.54) is 17.7 Å². The Labute approximate surface area is 182 Å². The lowest BCUT2D eigenvalue weighted by molar-refractivity contribution is -0.122. The van der Waals surface area contributed by atoms with Crippen molar-refractivity contribution in [1.29, 1.82) is 0 Å². The van der Waals surface area contributed by atoms with E-state index in [0.29, 0.717) is 12.2 Å². The molecule has 0 bridgehead atoms. The van der Waals surface area contributed by atoms with Gasteiger partial charge in [0.05, 0.1) is 12.1 Å². The fourth-order valence-electron chi connectivity index (χ4n) is 5.44. The quantitative estimate of drug-likeness (QED) is 0.775. The lowest BCUT2D eigenvalue weighted by Gasteiger charge is -2.45. The number of fused-ring (bicyclic) bond motifs is 1. The van der Waals surface area contributed by atoms with Gasteiger partial charge >= 0.3 is 0 Å². The van der Waals surface area contributed by atoms with Crippen molar-refractivity contribution >= 4 is 17.5 Å². The Hall–Kier alpha value is -2.77. The van der Waals surface area contributed by atoms with Gasteiger partial charge in [-0.3, -0.25) is 19.4 Å². The molecule has 0 aliphatic carbocycles. The Kier molecular flexibility index (Phi) is 6.07. The van der Waals surface area contributed by atoms with Gasteiger partial charge < -0.3 is 10.6 Å². The van der Waals surface area contributed by atoms with Crippen molar-refractivity contribution < 1.29 is 14.0 Å². The monoisotopic (exact) mass is 424 g/mol. The minimum Gasteiger partial charge on any atom is -0.348 e. The number of rotatable bonds is 5. The summed E-state index contributed by atoms with van der Waals surface area (Å²) in [5.74, 6) is -0.373. The molecular weight excluding hydrogens is 395 g/mol. The molecule has 2 saturated heterocycles. The number of nitrogens with zero attached hydrogens (tertiary/aromatic N) is 2. The van der Waals surface area contributed by atoms with Crippen LogP contribution in [0.1, 0.15) is 24.9 Å². The number of hydrogen-bond acceptors (Lipinski definition) is 4. The van der Waals surface area contributed by atoms with Crippen LogP contribution in [0.3, 0.4) is 0 Å². The van der Waals surface area contributed by atoms with Crippen molar-refractivity contribution in [2.75, 3.05) is 38.5 Å². The molecule has 6 nitrogen and oxygen atoms in total. The van der Waals surface area contributed by atoms with E-state index in [1.54, 1.807) is 19.1 Å². The second kappa shape index (κ2) is 8.77. The van der Waals surface area contributed by atoms with E-state index in [-0.39, 0.29) is 36.1 Å². The van der Waals surface area contributed by atoms with Crippen LogP contribution in [0.2, 0.25) is 0 Å². The summed E-state index contributed by atoms with van der Waals surface area (Å²) in [7, 11) is 2.10. The zero-order chi connectivity index (χ0) is 22.0. The molecule has 2 fully saturated rings. The zero-order valence-electron chi connectivity index (χ0n) is 18.0. The summed E-state index contributed by atoms with van der Waals surface area (Å²) in [5, 5.41) is 6.01. The molecule has 2 aromatic carbocycles. The number of nitrogens with one attached hydrogen (secondary N) is 2. The number of likely N-dealkylation sites (tertiary alicyclic amines) is 2. The van der Waals surface area contributed by atoms with Crippen LogP contribution in [0.4, 0.5) is 10.1 Å². The Morgan fingerprint density at radius 3 is 2.61 bits per heavy atom. The summed E-state index contributed by atoms with van der Waals surface area (Å²) < 4.78 is 13.4. The van der Waals surface area contributed by atoms with Gasteiger partial charge in [0.2, 0.25) is 11.8 Å². The molecule has 0 saturated carbocycles. The van der Waals surface area contributed by atoms with Crippen molar-refractivity contribution in [3.63, 3.8) is 0 Å². The van der Waals surface area contributed by atoms with Gasteiger partial charge in [-0.1, -0.05) is 36.4 Å². The van der Waals surface area contributed by atoms with E-state index < -0.39 is 5.54 Å². The van der Waals surface area contributed by atoms with Gasteiger partial charge in [0, 0.05) is 37.7 Å². The molecule has 2 N–H and O–H groups in total. The Balaban J connectivity index is 1.50. The van der Waals surface area contributed by atoms with Gasteiger partial charge in [0.1, 0.15) is 5.82 Å². The average Bonchev–Trinajstić information content (AvgIpc) is 2.98. The number of amides is 2. The van der Waals surface area contributed by atoms with Crippen molar-refractivity contribution in [2.45, 2.75) is 24.9 Å². The maximum atomic E-state index is 13.4. The molecule has 0 radical (unpaired) electrons. The Bertz CT molecular complexity index is 954. The largest absolute Gasteiger partial charge is 0.348 e. The normalized spacial score (nSPS) is 26.3. The van der Waals surface area contributed by atoms with Crippen LogP contribution in [0.25, 0.3) is 0 Å².